The zero-order chi connectivity index (χ0) is 7.40. The van der Waals surface area contributed by atoms with Gasteiger partial charge in [0.25, 0.3) is 0 Å². The van der Waals surface area contributed by atoms with E-state index in [0.29, 0.717) is 0 Å². The molecule has 1 aromatic rings. The highest BCUT2D eigenvalue weighted by atomic mass is 14.6. The summed E-state index contributed by atoms with van der Waals surface area (Å²) >= 11 is 0. The van der Waals surface area contributed by atoms with Crippen molar-refractivity contribution < 1.29 is 0 Å². The van der Waals surface area contributed by atoms with Gasteiger partial charge in [-0.1, -0.05) is 12.6 Å². The molecule has 0 amide bonds. The summed E-state index contributed by atoms with van der Waals surface area (Å²) in [5, 5.41) is 0. The molecule has 0 aliphatic rings. The summed E-state index contributed by atoms with van der Waals surface area (Å²) in [6.07, 6.45) is 3.55. The molecule has 0 bridgehead atoms. The van der Waals surface area contributed by atoms with Crippen molar-refractivity contribution in [2.24, 2.45) is 0 Å². The zero-order valence-corrected chi connectivity index (χ0v) is 5.96. The molecule has 0 unspecified atom stereocenters. The lowest BCUT2D eigenvalue weighted by Crippen LogP contribution is -1.77. The Morgan fingerprint density at radius 2 is 2.50 bits per heavy atom. The number of hydrogen-bond donors (Lipinski definition) is 0. The highest BCUT2D eigenvalue weighted by Crippen LogP contribution is 2.08. The molecule has 0 radical (unpaired) electrons. The van der Waals surface area contributed by atoms with Crippen LogP contribution in [-0.4, -0.2) is 4.98 Å². The Morgan fingerprint density at radius 3 is 3.00 bits per heavy atom. The van der Waals surface area contributed by atoms with Gasteiger partial charge in [-0.15, -0.1) is 5.73 Å². The van der Waals surface area contributed by atoms with E-state index in [1.807, 2.05) is 19.1 Å². The molecule has 1 rings (SSSR count). The summed E-state index contributed by atoms with van der Waals surface area (Å²) in [5.41, 5.74) is 4.92. The van der Waals surface area contributed by atoms with Gasteiger partial charge in [-0.3, -0.25) is 4.98 Å². The van der Waals surface area contributed by atoms with Crippen LogP contribution >= 0.6 is 0 Å². The summed E-state index contributed by atoms with van der Waals surface area (Å²) in [7, 11) is 0. The first-order chi connectivity index (χ1) is 4.84. The van der Waals surface area contributed by atoms with E-state index in [1.54, 1.807) is 12.4 Å². The summed E-state index contributed by atoms with van der Waals surface area (Å²) in [6, 6.07) is 3.89. The average Bonchev–Trinajstić information content (AvgIpc) is 2.05. The number of rotatable bonds is 1. The Labute approximate surface area is 60.7 Å². The van der Waals surface area contributed by atoms with Gasteiger partial charge < -0.3 is 0 Å². The molecule has 1 heteroatoms. The Bertz CT molecular complexity index is 255. The summed E-state index contributed by atoms with van der Waals surface area (Å²) < 4.78 is 0. The maximum absolute atomic E-state index is 3.97. The van der Waals surface area contributed by atoms with Crippen LogP contribution in [0.3, 0.4) is 0 Å². The molecule has 0 saturated carbocycles. The van der Waals surface area contributed by atoms with Gasteiger partial charge in [-0.05, 0) is 18.6 Å². The van der Waals surface area contributed by atoms with Crippen molar-refractivity contribution in [1.29, 1.82) is 0 Å². The van der Waals surface area contributed by atoms with Crippen LogP contribution < -0.4 is 0 Å². The Kier molecular flexibility index (Phi) is 2.03. The molecule has 1 heterocycles. The number of hydrogen-bond acceptors (Lipinski definition) is 1. The largest absolute Gasteiger partial charge is 0.264 e. The van der Waals surface area contributed by atoms with Crippen LogP contribution in [0.15, 0.2) is 36.8 Å². The third-order valence-electron chi connectivity index (χ3n) is 1.36. The monoisotopic (exact) mass is 131 g/mol. The standard InChI is InChI=1S/C9H9N/c1-3-8(2)9-5-4-6-10-7-9/h4-7H,1H2,2H3. The molecular weight excluding hydrogens is 122 g/mol. The molecule has 0 aliphatic heterocycles. The maximum Gasteiger partial charge on any atom is 0.0349 e. The van der Waals surface area contributed by atoms with Crippen molar-refractivity contribution in [1.82, 2.24) is 4.98 Å². The molecule has 0 fully saturated rings. The summed E-state index contributed by atoms with van der Waals surface area (Å²) in [6.45, 7) is 5.51. The fourth-order valence-corrected chi connectivity index (χ4v) is 0.687. The maximum atomic E-state index is 3.97. The quantitative estimate of drug-likeness (QED) is 0.533. The molecule has 0 saturated heterocycles. The van der Waals surface area contributed by atoms with E-state index < -0.39 is 0 Å². The third kappa shape index (κ3) is 1.34. The second-order valence-corrected chi connectivity index (χ2v) is 2.04. The number of pyridine rings is 1. The molecule has 0 N–H and O–H groups in total. The van der Waals surface area contributed by atoms with Gasteiger partial charge in [0.1, 0.15) is 0 Å². The third-order valence-corrected chi connectivity index (χ3v) is 1.36. The summed E-state index contributed by atoms with van der Waals surface area (Å²) in [5.74, 6) is 0. The Morgan fingerprint density at radius 1 is 1.70 bits per heavy atom. The molecule has 10 heavy (non-hydrogen) atoms. The zero-order valence-electron chi connectivity index (χ0n) is 5.96. The van der Waals surface area contributed by atoms with E-state index in [0.717, 1.165) is 11.1 Å². The van der Waals surface area contributed by atoms with Crippen LogP contribution in [0.2, 0.25) is 0 Å². The van der Waals surface area contributed by atoms with Crippen molar-refractivity contribution in [2.45, 2.75) is 6.92 Å². The van der Waals surface area contributed by atoms with Gasteiger partial charge in [0.05, 0.1) is 0 Å². The minimum atomic E-state index is 1.04. The second kappa shape index (κ2) is 3.00. The minimum absolute atomic E-state index is 1.04. The van der Waals surface area contributed by atoms with E-state index in [2.05, 4.69) is 17.3 Å². The fraction of sp³-hybridized carbons (Fsp3) is 0.111. The van der Waals surface area contributed by atoms with Crippen LogP contribution in [0.25, 0.3) is 5.57 Å². The van der Waals surface area contributed by atoms with Gasteiger partial charge in [0.2, 0.25) is 0 Å². The number of aromatic nitrogens is 1. The van der Waals surface area contributed by atoms with Crippen LogP contribution in [0.4, 0.5) is 0 Å². The second-order valence-electron chi connectivity index (χ2n) is 2.04. The van der Waals surface area contributed by atoms with Gasteiger partial charge >= 0.3 is 0 Å². The van der Waals surface area contributed by atoms with Crippen molar-refractivity contribution in [3.63, 3.8) is 0 Å². The van der Waals surface area contributed by atoms with Gasteiger partial charge in [-0.2, -0.15) is 0 Å². The fourth-order valence-electron chi connectivity index (χ4n) is 0.687. The molecule has 50 valence electrons. The van der Waals surface area contributed by atoms with Crippen molar-refractivity contribution in [3.05, 3.63) is 42.4 Å². The van der Waals surface area contributed by atoms with Gasteiger partial charge in [-0.25, -0.2) is 0 Å². The Hall–Kier alpha value is -1.33. The predicted octanol–water partition coefficient (Wildman–Crippen LogP) is 2.27. The first-order valence-electron chi connectivity index (χ1n) is 3.11. The van der Waals surface area contributed by atoms with Gasteiger partial charge in [0, 0.05) is 18.0 Å². The molecule has 1 nitrogen and oxygen atoms in total. The molecule has 0 aliphatic carbocycles. The summed E-state index contributed by atoms with van der Waals surface area (Å²) in [4.78, 5) is 3.97. The van der Waals surface area contributed by atoms with Crippen molar-refractivity contribution >= 4 is 5.57 Å². The molecular formula is C9H9N. The average molecular weight is 131 g/mol. The van der Waals surface area contributed by atoms with Crippen molar-refractivity contribution in [3.8, 4) is 0 Å². The highest BCUT2D eigenvalue weighted by molar-refractivity contribution is 5.61. The lowest BCUT2D eigenvalue weighted by molar-refractivity contribution is 1.31. The van der Waals surface area contributed by atoms with E-state index >= 15 is 0 Å². The van der Waals surface area contributed by atoms with Gasteiger partial charge in [0.15, 0.2) is 0 Å². The van der Waals surface area contributed by atoms with E-state index in [-0.39, 0.29) is 0 Å². The topological polar surface area (TPSA) is 12.9 Å². The van der Waals surface area contributed by atoms with E-state index in [9.17, 15) is 0 Å². The van der Waals surface area contributed by atoms with Crippen LogP contribution in [0.5, 0.6) is 0 Å². The molecule has 0 atom stereocenters. The minimum Gasteiger partial charge on any atom is -0.264 e. The first kappa shape index (κ1) is 6.79. The number of nitrogens with zero attached hydrogens (tertiary/aromatic N) is 1. The predicted molar refractivity (Wildman–Crippen MR) is 42.5 cm³/mol. The Balaban J connectivity index is 3.08. The van der Waals surface area contributed by atoms with Crippen LogP contribution in [-0.2, 0) is 0 Å². The first-order valence-corrected chi connectivity index (χ1v) is 3.11. The lowest BCUT2D eigenvalue weighted by atomic mass is 10.1. The SMILES string of the molecule is C=C=C(C)c1cccnc1. The number of allylic oxidation sites excluding steroid dienone is 1. The van der Waals surface area contributed by atoms with Crippen LogP contribution in [0.1, 0.15) is 12.5 Å². The lowest BCUT2D eigenvalue weighted by Gasteiger charge is -1.93. The smallest absolute Gasteiger partial charge is 0.0349 e. The highest BCUT2D eigenvalue weighted by Gasteiger charge is 1.89. The van der Waals surface area contributed by atoms with Crippen LogP contribution in [0, 0.1) is 0 Å². The molecule has 0 spiro atoms. The van der Waals surface area contributed by atoms with E-state index in [4.69, 9.17) is 0 Å². The molecule has 0 aromatic carbocycles. The molecule has 1 aromatic heterocycles. The van der Waals surface area contributed by atoms with E-state index in [1.165, 1.54) is 0 Å². The normalized spacial score (nSPS) is 8.50. The van der Waals surface area contributed by atoms with Crippen molar-refractivity contribution in [2.75, 3.05) is 0 Å².